The average Bonchev–Trinajstić information content (AvgIpc) is 3.35. The smallest absolute Gasteiger partial charge is 0.283 e. The molecule has 0 atom stereocenters. The van der Waals surface area contributed by atoms with Gasteiger partial charge in [0.2, 0.25) is 11.1 Å². The first-order chi connectivity index (χ1) is 13.9. The van der Waals surface area contributed by atoms with Crippen LogP contribution in [-0.4, -0.2) is 65.0 Å². The van der Waals surface area contributed by atoms with E-state index in [1.54, 1.807) is 6.08 Å². The molecule has 0 aromatic heterocycles. The van der Waals surface area contributed by atoms with E-state index in [0.29, 0.717) is 10.2 Å². The number of thioether (sulfide) groups is 1. The minimum absolute atomic E-state index is 0.0205. The van der Waals surface area contributed by atoms with Crippen LogP contribution in [0.5, 0.6) is 0 Å². The number of benzene rings is 1. The van der Waals surface area contributed by atoms with Gasteiger partial charge >= 0.3 is 0 Å². The van der Waals surface area contributed by atoms with Crippen molar-refractivity contribution in [1.82, 2.24) is 9.91 Å². The Labute approximate surface area is 173 Å². The molecule has 1 N–H and O–H groups in total. The summed E-state index contributed by atoms with van der Waals surface area (Å²) in [7, 11) is 3.92. The monoisotopic (exact) mass is 410 g/mol. The summed E-state index contributed by atoms with van der Waals surface area (Å²) in [6.45, 7) is 1.57. The fourth-order valence-corrected chi connectivity index (χ4v) is 4.22. The molecule has 9 heteroatoms. The Balaban J connectivity index is 1.52. The van der Waals surface area contributed by atoms with Crippen LogP contribution in [0.15, 0.2) is 39.9 Å². The summed E-state index contributed by atoms with van der Waals surface area (Å²) in [4.78, 5) is 32.8. The van der Waals surface area contributed by atoms with Crippen molar-refractivity contribution in [3.8, 4) is 0 Å². The number of aliphatic imine (C=N–C) groups is 1. The quantitative estimate of drug-likeness (QED) is 0.770. The van der Waals surface area contributed by atoms with E-state index < -0.39 is 5.91 Å². The third-order valence-corrected chi connectivity index (χ3v) is 5.89. The Morgan fingerprint density at radius 3 is 2.59 bits per heavy atom. The molecule has 3 aliphatic rings. The number of carbonyl (C=O) groups is 2. The summed E-state index contributed by atoms with van der Waals surface area (Å²) in [5.41, 5.74) is 2.04. The Morgan fingerprint density at radius 2 is 1.93 bits per heavy atom. The maximum Gasteiger partial charge on any atom is 0.283 e. The Bertz CT molecular complexity index is 958. The number of likely N-dealkylation sites (tertiary alicyclic amines) is 1. The largest absolute Gasteiger partial charge is 0.378 e. The van der Waals surface area contributed by atoms with Crippen molar-refractivity contribution < 1.29 is 9.59 Å². The van der Waals surface area contributed by atoms with Gasteiger partial charge in [-0.05, 0) is 48.4 Å². The minimum Gasteiger partial charge on any atom is -0.378 e. The minimum atomic E-state index is -0.465. The van der Waals surface area contributed by atoms with E-state index in [1.807, 2.05) is 48.2 Å². The zero-order valence-corrected chi connectivity index (χ0v) is 17.2. The predicted molar refractivity (Wildman–Crippen MR) is 116 cm³/mol. The number of nitrogens with one attached hydrogen (secondary N) is 1. The molecular weight excluding hydrogens is 388 g/mol. The van der Waals surface area contributed by atoms with E-state index in [2.05, 4.69) is 10.1 Å². The number of carbonyl (C=O) groups excluding carboxylic acids is 2. The van der Waals surface area contributed by atoms with Crippen molar-refractivity contribution in [3.05, 3.63) is 35.4 Å². The van der Waals surface area contributed by atoms with Gasteiger partial charge in [0.25, 0.3) is 5.91 Å². The van der Waals surface area contributed by atoms with Crippen LogP contribution in [0.3, 0.4) is 0 Å². The number of amides is 2. The van der Waals surface area contributed by atoms with Crippen molar-refractivity contribution in [3.63, 3.8) is 0 Å². The van der Waals surface area contributed by atoms with Gasteiger partial charge in [-0.1, -0.05) is 12.1 Å². The third-order valence-electron chi connectivity index (χ3n) is 4.98. The van der Waals surface area contributed by atoms with Gasteiger partial charge in [0, 0.05) is 32.9 Å². The molecule has 29 heavy (non-hydrogen) atoms. The summed E-state index contributed by atoms with van der Waals surface area (Å²) in [6, 6.07) is 7.68. The second-order valence-corrected chi connectivity index (χ2v) is 8.30. The lowest BCUT2D eigenvalue weighted by Gasteiger charge is -2.20. The molecule has 0 aliphatic carbocycles. The Hall–Kier alpha value is -2.94. The van der Waals surface area contributed by atoms with E-state index in [4.69, 9.17) is 5.41 Å². The zero-order chi connectivity index (χ0) is 20.5. The number of fused-ring (bicyclic) bond motifs is 1. The first kappa shape index (κ1) is 19.4. The number of nitrogens with zero attached hydrogens (tertiary/aromatic N) is 5. The van der Waals surface area contributed by atoms with Gasteiger partial charge < -0.3 is 9.80 Å². The number of hydrogen-bond acceptors (Lipinski definition) is 6. The molecule has 150 valence electrons. The fourth-order valence-electron chi connectivity index (χ4n) is 3.35. The van der Waals surface area contributed by atoms with Gasteiger partial charge in [-0.2, -0.15) is 15.1 Å². The van der Waals surface area contributed by atoms with Gasteiger partial charge in [-0.3, -0.25) is 15.0 Å². The second-order valence-electron chi connectivity index (χ2n) is 7.26. The molecule has 0 saturated carbocycles. The molecule has 0 bridgehead atoms. The van der Waals surface area contributed by atoms with Crippen molar-refractivity contribution >= 4 is 51.4 Å². The second kappa shape index (κ2) is 7.82. The van der Waals surface area contributed by atoms with Gasteiger partial charge in [-0.25, -0.2) is 0 Å². The third kappa shape index (κ3) is 3.95. The van der Waals surface area contributed by atoms with Crippen LogP contribution in [0.1, 0.15) is 24.8 Å². The lowest BCUT2D eigenvalue weighted by molar-refractivity contribution is -0.128. The summed E-state index contributed by atoms with van der Waals surface area (Å²) < 4.78 is 0. The summed E-state index contributed by atoms with van der Waals surface area (Å²) >= 11 is 1.19. The van der Waals surface area contributed by atoms with Gasteiger partial charge in [0.1, 0.15) is 5.04 Å². The first-order valence-electron chi connectivity index (χ1n) is 9.46. The lowest BCUT2D eigenvalue weighted by Crippen LogP contribution is -2.35. The topological polar surface area (TPSA) is 92.4 Å². The molecule has 1 aromatic carbocycles. The maximum absolute atomic E-state index is 12.5. The van der Waals surface area contributed by atoms with Gasteiger partial charge in [-0.15, -0.1) is 0 Å². The van der Waals surface area contributed by atoms with Crippen molar-refractivity contribution in [1.29, 1.82) is 5.41 Å². The molecule has 1 aromatic rings. The summed E-state index contributed by atoms with van der Waals surface area (Å²) in [6.07, 6.45) is 3.89. The normalized spacial score (nSPS) is 20.1. The summed E-state index contributed by atoms with van der Waals surface area (Å²) in [5.74, 6) is -0.454. The van der Waals surface area contributed by atoms with Crippen molar-refractivity contribution in [2.45, 2.75) is 19.3 Å². The van der Waals surface area contributed by atoms with Crippen LogP contribution in [0.25, 0.3) is 6.08 Å². The van der Waals surface area contributed by atoms with Crippen LogP contribution in [0.4, 0.5) is 5.69 Å². The molecule has 2 amide bonds. The predicted octanol–water partition coefficient (Wildman–Crippen LogP) is 2.38. The van der Waals surface area contributed by atoms with Crippen LogP contribution in [-0.2, 0) is 9.59 Å². The van der Waals surface area contributed by atoms with E-state index in [-0.39, 0.29) is 23.7 Å². The standard InChI is InChI=1S/C20H22N6O2S/c1-24(2)14-7-5-13(6-8-14)11-15-18(21)26-20(22-19(15)28)29-16(23-26)12-17(27)25-9-3-4-10-25/h5-8,11,21H,3-4,9-10,12H2,1-2H3. The van der Waals surface area contributed by atoms with Crippen LogP contribution >= 0.6 is 11.8 Å². The number of hydrazone groups is 1. The Kier molecular flexibility index (Phi) is 5.23. The highest BCUT2D eigenvalue weighted by Gasteiger charge is 2.36. The highest BCUT2D eigenvalue weighted by Crippen LogP contribution is 2.30. The van der Waals surface area contributed by atoms with E-state index in [0.717, 1.165) is 37.2 Å². The van der Waals surface area contributed by atoms with E-state index in [1.165, 1.54) is 16.8 Å². The lowest BCUT2D eigenvalue weighted by atomic mass is 10.1. The average molecular weight is 411 g/mol. The van der Waals surface area contributed by atoms with Crippen molar-refractivity contribution in [2.24, 2.45) is 10.1 Å². The van der Waals surface area contributed by atoms with Crippen LogP contribution < -0.4 is 4.90 Å². The molecule has 0 radical (unpaired) electrons. The summed E-state index contributed by atoms with van der Waals surface area (Å²) in [5, 5.41) is 15.1. The van der Waals surface area contributed by atoms with Gasteiger partial charge in [0.05, 0.1) is 12.0 Å². The number of hydrogen-bond donors (Lipinski definition) is 1. The fraction of sp³-hybridized carbons (Fsp3) is 0.350. The van der Waals surface area contributed by atoms with Crippen LogP contribution in [0, 0.1) is 5.41 Å². The molecule has 0 spiro atoms. The molecule has 1 saturated heterocycles. The highest BCUT2D eigenvalue weighted by atomic mass is 32.2. The van der Waals surface area contributed by atoms with Crippen LogP contribution in [0.2, 0.25) is 0 Å². The van der Waals surface area contributed by atoms with Crippen molar-refractivity contribution in [2.75, 3.05) is 32.1 Å². The Morgan fingerprint density at radius 1 is 1.24 bits per heavy atom. The highest BCUT2D eigenvalue weighted by molar-refractivity contribution is 8.27. The molecule has 8 nitrogen and oxygen atoms in total. The first-order valence-corrected chi connectivity index (χ1v) is 10.3. The molecule has 3 aliphatic heterocycles. The molecule has 1 fully saturated rings. The van der Waals surface area contributed by atoms with E-state index >= 15 is 0 Å². The van der Waals surface area contributed by atoms with Gasteiger partial charge in [0.15, 0.2) is 5.84 Å². The zero-order valence-electron chi connectivity index (χ0n) is 16.4. The SMILES string of the molecule is CN(C)c1ccc(C=C2C(=N)N3N=C(CC(=O)N4CCCC4)SC3=NC2=O)cc1. The molecular formula is C20H22N6O2S. The van der Waals surface area contributed by atoms with E-state index in [9.17, 15) is 9.59 Å². The molecule has 3 heterocycles. The number of anilines is 1. The number of rotatable bonds is 4. The maximum atomic E-state index is 12.5. The number of amidine groups is 2. The molecule has 4 rings (SSSR count). The molecule has 0 unspecified atom stereocenters.